The van der Waals surface area contributed by atoms with E-state index in [1.165, 1.54) is 34.3 Å². The van der Waals surface area contributed by atoms with E-state index in [-0.39, 0.29) is 0 Å². The zero-order valence-corrected chi connectivity index (χ0v) is 17.6. The van der Waals surface area contributed by atoms with E-state index in [1.807, 2.05) is 21.6 Å². The van der Waals surface area contributed by atoms with Gasteiger partial charge < -0.3 is 9.13 Å². The summed E-state index contributed by atoms with van der Waals surface area (Å²) >= 11 is 0. The molecule has 0 aliphatic carbocycles. The molecule has 2 rings (SSSR count). The smallest absolute Gasteiger partial charge is 0.0324 e. The fourth-order valence-electron chi connectivity index (χ4n) is 3.17. The monoisotopic (exact) mass is 364 g/mol. The maximum absolute atomic E-state index is 2.48. The maximum Gasteiger partial charge on any atom is 0.0324 e. The minimum atomic E-state index is 0.600. The van der Waals surface area contributed by atoms with E-state index >= 15 is 0 Å². The van der Waals surface area contributed by atoms with Crippen molar-refractivity contribution >= 4 is 21.6 Å². The first-order valence-electron chi connectivity index (χ1n) is 8.98. The molecular formula is C20H32N2S2. The highest BCUT2D eigenvalue weighted by molar-refractivity contribution is 8.76. The standard InChI is InChI=1S/C20H32N2S2/c1-15(2)19-9-7-17(5)21(19)11-13-23-24-14-12-22-18(6)8-10-20(22)16(3)4/h7-10,15-16H,11-14H2,1-6H3. The molecule has 0 unspecified atom stereocenters. The number of hydrogen-bond donors (Lipinski definition) is 0. The minimum absolute atomic E-state index is 0.600. The Bertz CT molecular complexity index is 582. The number of rotatable bonds is 9. The molecule has 0 bridgehead atoms. The molecule has 0 N–H and O–H groups in total. The fraction of sp³-hybridized carbons (Fsp3) is 0.600. The second-order valence-electron chi connectivity index (χ2n) is 7.06. The molecule has 0 fully saturated rings. The zero-order chi connectivity index (χ0) is 17.7. The Hall–Kier alpha value is -0.740. The Balaban J connectivity index is 1.75. The molecule has 0 amide bonds. The highest BCUT2D eigenvalue weighted by Crippen LogP contribution is 2.25. The topological polar surface area (TPSA) is 9.86 Å². The van der Waals surface area contributed by atoms with E-state index in [9.17, 15) is 0 Å². The minimum Gasteiger partial charge on any atom is -0.348 e. The quantitative estimate of drug-likeness (QED) is 0.385. The van der Waals surface area contributed by atoms with Crippen LogP contribution in [-0.4, -0.2) is 20.6 Å². The first kappa shape index (κ1) is 19.6. The lowest BCUT2D eigenvalue weighted by atomic mass is 10.1. The van der Waals surface area contributed by atoms with Crippen LogP contribution in [0.5, 0.6) is 0 Å². The molecule has 0 aromatic carbocycles. The molecule has 2 heterocycles. The van der Waals surface area contributed by atoms with Crippen molar-refractivity contribution in [1.82, 2.24) is 9.13 Å². The van der Waals surface area contributed by atoms with Crippen LogP contribution in [0.4, 0.5) is 0 Å². The van der Waals surface area contributed by atoms with Crippen molar-refractivity contribution < 1.29 is 0 Å². The van der Waals surface area contributed by atoms with Crippen LogP contribution >= 0.6 is 21.6 Å². The second kappa shape index (κ2) is 9.10. The lowest BCUT2D eigenvalue weighted by molar-refractivity contribution is 0.662. The predicted molar refractivity (Wildman–Crippen MR) is 111 cm³/mol. The molecule has 2 aromatic rings. The van der Waals surface area contributed by atoms with Gasteiger partial charge in [0.25, 0.3) is 0 Å². The number of nitrogens with zero attached hydrogens (tertiary/aromatic N) is 2. The average Bonchev–Trinajstić information content (AvgIpc) is 3.06. The fourth-order valence-corrected chi connectivity index (χ4v) is 5.08. The van der Waals surface area contributed by atoms with Gasteiger partial charge in [-0.05, 0) is 49.9 Å². The number of hydrogen-bond acceptors (Lipinski definition) is 2. The van der Waals surface area contributed by atoms with Crippen molar-refractivity contribution in [2.45, 2.75) is 66.5 Å². The molecule has 0 aliphatic heterocycles. The Morgan fingerprint density at radius 1 is 0.708 bits per heavy atom. The van der Waals surface area contributed by atoms with E-state index in [4.69, 9.17) is 0 Å². The summed E-state index contributed by atoms with van der Waals surface area (Å²) in [7, 11) is 4.01. The average molecular weight is 365 g/mol. The van der Waals surface area contributed by atoms with Crippen LogP contribution in [0.3, 0.4) is 0 Å². The molecule has 134 valence electrons. The molecule has 24 heavy (non-hydrogen) atoms. The first-order valence-corrected chi connectivity index (χ1v) is 11.5. The Morgan fingerprint density at radius 3 is 1.42 bits per heavy atom. The first-order chi connectivity index (χ1) is 11.4. The summed E-state index contributed by atoms with van der Waals surface area (Å²) in [6.45, 7) is 15.8. The Morgan fingerprint density at radius 2 is 1.08 bits per heavy atom. The summed E-state index contributed by atoms with van der Waals surface area (Å²) in [5, 5.41) is 0. The van der Waals surface area contributed by atoms with Gasteiger partial charge >= 0.3 is 0 Å². The van der Waals surface area contributed by atoms with E-state index in [2.05, 4.69) is 74.9 Å². The van der Waals surface area contributed by atoms with Crippen molar-refractivity contribution in [3.63, 3.8) is 0 Å². The van der Waals surface area contributed by atoms with Gasteiger partial charge in [-0.1, -0.05) is 49.3 Å². The molecule has 2 aromatic heterocycles. The third-order valence-electron chi connectivity index (χ3n) is 4.53. The molecule has 0 radical (unpaired) electrons. The summed E-state index contributed by atoms with van der Waals surface area (Å²) in [5.74, 6) is 3.54. The summed E-state index contributed by atoms with van der Waals surface area (Å²) in [6.07, 6.45) is 0. The van der Waals surface area contributed by atoms with Crippen LogP contribution in [-0.2, 0) is 13.1 Å². The van der Waals surface area contributed by atoms with Gasteiger partial charge in [-0.15, -0.1) is 0 Å². The van der Waals surface area contributed by atoms with Crippen molar-refractivity contribution in [3.8, 4) is 0 Å². The summed E-state index contributed by atoms with van der Waals surface area (Å²) in [6, 6.07) is 9.05. The highest BCUT2D eigenvalue weighted by atomic mass is 33.1. The lowest BCUT2D eigenvalue weighted by Crippen LogP contribution is -2.08. The molecule has 0 saturated heterocycles. The van der Waals surface area contributed by atoms with Gasteiger partial charge in [-0.3, -0.25) is 0 Å². The van der Waals surface area contributed by atoms with Crippen molar-refractivity contribution in [2.24, 2.45) is 0 Å². The summed E-state index contributed by atoms with van der Waals surface area (Å²) < 4.78 is 4.95. The van der Waals surface area contributed by atoms with Crippen molar-refractivity contribution in [3.05, 3.63) is 47.0 Å². The van der Waals surface area contributed by atoms with Crippen LogP contribution in [0.25, 0.3) is 0 Å². The van der Waals surface area contributed by atoms with Gasteiger partial charge in [-0.25, -0.2) is 0 Å². The van der Waals surface area contributed by atoms with Gasteiger partial charge in [0, 0.05) is 47.4 Å². The molecule has 2 nitrogen and oxygen atoms in total. The van der Waals surface area contributed by atoms with E-state index in [1.54, 1.807) is 0 Å². The van der Waals surface area contributed by atoms with Gasteiger partial charge in [0.05, 0.1) is 0 Å². The van der Waals surface area contributed by atoms with Gasteiger partial charge in [0.1, 0.15) is 0 Å². The largest absolute Gasteiger partial charge is 0.348 e. The highest BCUT2D eigenvalue weighted by Gasteiger charge is 2.09. The molecule has 0 aliphatic rings. The normalized spacial score (nSPS) is 11.8. The third kappa shape index (κ3) is 4.89. The van der Waals surface area contributed by atoms with E-state index in [0.717, 1.165) is 13.1 Å². The van der Waals surface area contributed by atoms with Gasteiger partial charge in [0.2, 0.25) is 0 Å². The van der Waals surface area contributed by atoms with Crippen LogP contribution in [0, 0.1) is 13.8 Å². The van der Waals surface area contributed by atoms with Gasteiger partial charge in [0.15, 0.2) is 0 Å². The van der Waals surface area contributed by atoms with Gasteiger partial charge in [-0.2, -0.15) is 0 Å². The lowest BCUT2D eigenvalue weighted by Gasteiger charge is -2.15. The van der Waals surface area contributed by atoms with Crippen LogP contribution < -0.4 is 0 Å². The summed E-state index contributed by atoms with van der Waals surface area (Å²) in [4.78, 5) is 0. The van der Waals surface area contributed by atoms with Crippen LogP contribution in [0.1, 0.15) is 62.3 Å². The SMILES string of the molecule is Cc1ccc(C(C)C)n1CCSSCCn1c(C)ccc1C(C)C. The number of aromatic nitrogens is 2. The van der Waals surface area contributed by atoms with E-state index in [0.29, 0.717) is 11.8 Å². The number of aryl methyl sites for hydroxylation is 2. The molecule has 0 atom stereocenters. The summed E-state index contributed by atoms with van der Waals surface area (Å²) in [5.41, 5.74) is 5.69. The van der Waals surface area contributed by atoms with Crippen molar-refractivity contribution in [2.75, 3.05) is 11.5 Å². The Labute approximate surface area is 155 Å². The van der Waals surface area contributed by atoms with Crippen molar-refractivity contribution in [1.29, 1.82) is 0 Å². The second-order valence-corrected chi connectivity index (χ2v) is 9.76. The molecule has 0 saturated carbocycles. The maximum atomic E-state index is 2.48. The van der Waals surface area contributed by atoms with Crippen LogP contribution in [0.2, 0.25) is 0 Å². The van der Waals surface area contributed by atoms with E-state index < -0.39 is 0 Å². The Kier molecular flexibility index (Phi) is 7.42. The third-order valence-corrected chi connectivity index (χ3v) is 6.89. The molecule has 0 spiro atoms. The molecule has 4 heteroatoms. The predicted octanol–water partition coefficient (Wildman–Crippen LogP) is 6.23. The zero-order valence-electron chi connectivity index (χ0n) is 16.0. The van der Waals surface area contributed by atoms with Crippen LogP contribution in [0.15, 0.2) is 24.3 Å². The molecular weight excluding hydrogens is 332 g/mol.